The van der Waals surface area contributed by atoms with Crippen molar-refractivity contribution in [2.24, 2.45) is 10.9 Å². The summed E-state index contributed by atoms with van der Waals surface area (Å²) >= 11 is 0. The van der Waals surface area contributed by atoms with Crippen LogP contribution in [0.15, 0.2) is 23.5 Å². The van der Waals surface area contributed by atoms with E-state index in [9.17, 15) is 0 Å². The Morgan fingerprint density at radius 2 is 2.14 bits per heavy atom. The summed E-state index contributed by atoms with van der Waals surface area (Å²) in [4.78, 5) is 8.83. The van der Waals surface area contributed by atoms with Crippen LogP contribution in [0.1, 0.15) is 30.5 Å². The quantitative estimate of drug-likeness (QED) is 0.355. The fourth-order valence-electron chi connectivity index (χ4n) is 3.02. The van der Waals surface area contributed by atoms with Crippen molar-refractivity contribution >= 4 is 5.84 Å². The van der Waals surface area contributed by atoms with Crippen LogP contribution in [0.3, 0.4) is 0 Å². The number of aromatic nitrogens is 1. The van der Waals surface area contributed by atoms with E-state index in [2.05, 4.69) is 41.1 Å². The van der Waals surface area contributed by atoms with E-state index in [-0.39, 0.29) is 11.4 Å². The maximum Gasteiger partial charge on any atom is 0.189 e. The fourth-order valence-corrected chi connectivity index (χ4v) is 3.02. The predicted molar refractivity (Wildman–Crippen MR) is 83.4 cm³/mol. The Bertz CT molecular complexity index is 511. The highest BCUT2D eigenvalue weighted by Crippen LogP contribution is 2.36. The minimum absolute atomic E-state index is 0.0602. The summed E-state index contributed by atoms with van der Waals surface area (Å²) in [7, 11) is 6.41. The van der Waals surface area contributed by atoms with Crippen molar-refractivity contribution in [3.63, 3.8) is 0 Å². The molecule has 1 saturated carbocycles. The lowest BCUT2D eigenvalue weighted by Gasteiger charge is -2.49. The first-order valence-electron chi connectivity index (χ1n) is 7.26. The van der Waals surface area contributed by atoms with Crippen LogP contribution in [-0.2, 0) is 6.54 Å². The summed E-state index contributed by atoms with van der Waals surface area (Å²) in [6.45, 7) is 1.74. The summed E-state index contributed by atoms with van der Waals surface area (Å²) in [5.74, 6) is 0.0602. The number of likely N-dealkylation sites (N-methyl/N-ethyl adjacent to an activating group) is 2. The van der Waals surface area contributed by atoms with Gasteiger partial charge in [-0.2, -0.15) is 0 Å². The molecule has 21 heavy (non-hydrogen) atoms. The van der Waals surface area contributed by atoms with Crippen molar-refractivity contribution < 1.29 is 5.21 Å². The Hall–Kier alpha value is -1.66. The lowest BCUT2D eigenvalue weighted by molar-refractivity contribution is 0.0258. The second kappa shape index (κ2) is 6.41. The predicted octanol–water partition coefficient (Wildman–Crippen LogP) is 1.09. The Labute approximate surface area is 126 Å². The van der Waals surface area contributed by atoms with Crippen molar-refractivity contribution in [2.75, 3.05) is 27.7 Å². The van der Waals surface area contributed by atoms with Gasteiger partial charge in [0.15, 0.2) is 5.84 Å². The van der Waals surface area contributed by atoms with Crippen molar-refractivity contribution in [2.45, 2.75) is 31.3 Å². The minimum Gasteiger partial charge on any atom is -0.409 e. The van der Waals surface area contributed by atoms with Gasteiger partial charge < -0.3 is 20.7 Å². The second-order valence-electron chi connectivity index (χ2n) is 6.14. The van der Waals surface area contributed by atoms with E-state index in [4.69, 9.17) is 10.9 Å². The third-order valence-corrected chi connectivity index (χ3v) is 4.48. The van der Waals surface area contributed by atoms with Crippen LogP contribution in [-0.4, -0.2) is 59.1 Å². The van der Waals surface area contributed by atoms with Gasteiger partial charge in [-0.3, -0.25) is 4.98 Å². The topological polar surface area (TPSA) is 78.0 Å². The average molecular weight is 291 g/mol. The van der Waals surface area contributed by atoms with Crippen LogP contribution >= 0.6 is 0 Å². The van der Waals surface area contributed by atoms with Crippen LogP contribution in [0.5, 0.6) is 0 Å². The largest absolute Gasteiger partial charge is 0.409 e. The summed E-state index contributed by atoms with van der Waals surface area (Å²) in [6.07, 6.45) is 5.44. The van der Waals surface area contributed by atoms with Gasteiger partial charge >= 0.3 is 0 Å². The van der Waals surface area contributed by atoms with Gasteiger partial charge in [0.25, 0.3) is 0 Å². The molecule has 0 spiro atoms. The molecule has 0 unspecified atom stereocenters. The van der Waals surface area contributed by atoms with E-state index < -0.39 is 0 Å². The van der Waals surface area contributed by atoms with Crippen molar-refractivity contribution in [3.05, 3.63) is 29.6 Å². The normalized spacial score (nSPS) is 18.0. The molecular formula is C15H25N5O. The molecule has 0 aromatic carbocycles. The third kappa shape index (κ3) is 3.33. The van der Waals surface area contributed by atoms with Gasteiger partial charge in [0.2, 0.25) is 0 Å². The number of hydrogen-bond acceptors (Lipinski definition) is 5. The second-order valence-corrected chi connectivity index (χ2v) is 6.14. The van der Waals surface area contributed by atoms with Crippen LogP contribution in [0.2, 0.25) is 0 Å². The van der Waals surface area contributed by atoms with E-state index in [1.165, 1.54) is 19.3 Å². The first-order valence-corrected chi connectivity index (χ1v) is 7.26. The number of amidine groups is 1. The molecule has 116 valence electrons. The molecule has 1 aromatic heterocycles. The number of nitrogens with zero attached hydrogens (tertiary/aromatic N) is 4. The molecule has 1 aliphatic rings. The van der Waals surface area contributed by atoms with Gasteiger partial charge in [-0.1, -0.05) is 11.2 Å². The SMILES string of the molecule is CN(Cc1cccnc1/C(N)=N/O)CC1(N(C)C)CCC1. The van der Waals surface area contributed by atoms with Gasteiger partial charge in [0.05, 0.1) is 0 Å². The summed E-state index contributed by atoms with van der Waals surface area (Å²) in [6, 6.07) is 3.85. The van der Waals surface area contributed by atoms with Crippen molar-refractivity contribution in [1.29, 1.82) is 0 Å². The third-order valence-electron chi connectivity index (χ3n) is 4.48. The minimum atomic E-state index is 0.0602. The fraction of sp³-hybridized carbons (Fsp3) is 0.600. The van der Waals surface area contributed by atoms with Crippen LogP contribution in [0.4, 0.5) is 0 Å². The van der Waals surface area contributed by atoms with E-state index in [1.54, 1.807) is 6.20 Å². The van der Waals surface area contributed by atoms with Crippen LogP contribution < -0.4 is 5.73 Å². The van der Waals surface area contributed by atoms with Crippen LogP contribution in [0, 0.1) is 0 Å². The lowest BCUT2D eigenvalue weighted by atomic mass is 9.75. The number of nitrogens with two attached hydrogens (primary N) is 1. The lowest BCUT2D eigenvalue weighted by Crippen LogP contribution is -2.56. The van der Waals surface area contributed by atoms with Crippen molar-refractivity contribution in [1.82, 2.24) is 14.8 Å². The Morgan fingerprint density at radius 1 is 1.43 bits per heavy atom. The molecular weight excluding hydrogens is 266 g/mol. The van der Waals surface area contributed by atoms with Gasteiger partial charge in [0.1, 0.15) is 5.69 Å². The molecule has 1 heterocycles. The first-order chi connectivity index (χ1) is 9.98. The monoisotopic (exact) mass is 291 g/mol. The van der Waals surface area contributed by atoms with Crippen LogP contribution in [0.25, 0.3) is 0 Å². The number of rotatable bonds is 6. The van der Waals surface area contributed by atoms with E-state index in [0.717, 1.165) is 18.7 Å². The molecule has 0 bridgehead atoms. The van der Waals surface area contributed by atoms with E-state index >= 15 is 0 Å². The highest BCUT2D eigenvalue weighted by molar-refractivity contribution is 5.96. The van der Waals surface area contributed by atoms with Gasteiger partial charge in [0, 0.05) is 24.8 Å². The zero-order valence-electron chi connectivity index (χ0n) is 13.1. The summed E-state index contributed by atoms with van der Waals surface area (Å²) in [5, 5.41) is 11.9. The Kier molecular flexibility index (Phi) is 4.80. The molecule has 0 aliphatic heterocycles. The highest BCUT2D eigenvalue weighted by atomic mass is 16.4. The maximum absolute atomic E-state index is 8.86. The maximum atomic E-state index is 8.86. The van der Waals surface area contributed by atoms with Gasteiger partial charge in [-0.25, -0.2) is 0 Å². The van der Waals surface area contributed by atoms with E-state index in [0.29, 0.717) is 5.69 Å². The average Bonchev–Trinajstić information content (AvgIpc) is 2.42. The van der Waals surface area contributed by atoms with Gasteiger partial charge in [-0.05, 0) is 52.0 Å². The molecule has 0 saturated heterocycles. The summed E-state index contributed by atoms with van der Waals surface area (Å²) in [5.41, 5.74) is 7.51. The standard InChI is InChI=1S/C15H25N5O/c1-19(2)15(7-5-8-15)11-20(3)10-12-6-4-9-17-13(12)14(16)18-21/h4,6,9,21H,5,7-8,10-11H2,1-3H3,(H2,16,18). The number of hydrogen-bond donors (Lipinski definition) is 2. The number of oxime groups is 1. The smallest absolute Gasteiger partial charge is 0.189 e. The Balaban J connectivity index is 2.08. The molecule has 6 heteroatoms. The highest BCUT2D eigenvalue weighted by Gasteiger charge is 2.39. The van der Waals surface area contributed by atoms with Crippen molar-refractivity contribution in [3.8, 4) is 0 Å². The molecule has 3 N–H and O–H groups in total. The first kappa shape index (κ1) is 15.7. The molecule has 2 rings (SSSR count). The Morgan fingerprint density at radius 3 is 2.67 bits per heavy atom. The zero-order valence-corrected chi connectivity index (χ0v) is 13.1. The van der Waals surface area contributed by atoms with E-state index in [1.807, 2.05) is 12.1 Å². The summed E-state index contributed by atoms with van der Waals surface area (Å²) < 4.78 is 0. The molecule has 6 nitrogen and oxygen atoms in total. The zero-order chi connectivity index (χ0) is 15.5. The molecule has 0 atom stereocenters. The molecule has 1 aliphatic carbocycles. The molecule has 0 radical (unpaired) electrons. The molecule has 1 aromatic rings. The number of pyridine rings is 1. The molecule has 1 fully saturated rings. The molecule has 0 amide bonds. The van der Waals surface area contributed by atoms with Gasteiger partial charge in [-0.15, -0.1) is 0 Å².